The summed E-state index contributed by atoms with van der Waals surface area (Å²) in [5.41, 5.74) is 1.73. The van der Waals surface area contributed by atoms with E-state index >= 15 is 0 Å². The lowest BCUT2D eigenvalue weighted by atomic mass is 10.1. The van der Waals surface area contributed by atoms with Crippen LogP contribution in [-0.4, -0.2) is 71.4 Å². The van der Waals surface area contributed by atoms with Crippen molar-refractivity contribution in [3.05, 3.63) is 35.4 Å². The molecule has 0 aromatic heterocycles. The molecule has 0 saturated heterocycles. The zero-order valence-electron chi connectivity index (χ0n) is 15.4. The number of nitrogens with one attached hydrogen (secondary N) is 2. The predicted molar refractivity (Wildman–Crippen MR) is 102 cm³/mol. The molecule has 1 aromatic carbocycles. The molecule has 0 aliphatic carbocycles. The Morgan fingerprint density at radius 1 is 1.20 bits per heavy atom. The van der Waals surface area contributed by atoms with E-state index in [-0.39, 0.29) is 11.7 Å². The number of nitrogens with zero attached hydrogens (tertiary/aromatic N) is 2. The Balaban J connectivity index is 2.42. The average molecular weight is 369 g/mol. The van der Waals surface area contributed by atoms with Crippen LogP contribution in [0.15, 0.2) is 29.3 Å². The molecule has 0 bridgehead atoms. The van der Waals surface area contributed by atoms with Crippen molar-refractivity contribution in [3.63, 3.8) is 0 Å². The number of rotatable bonds is 8. The molecule has 0 saturated carbocycles. The topological polar surface area (TPSA) is 90.9 Å². The maximum atomic E-state index is 12.0. The highest BCUT2D eigenvalue weighted by atomic mass is 32.2. The van der Waals surface area contributed by atoms with E-state index in [9.17, 15) is 13.2 Å². The molecule has 7 nitrogen and oxygen atoms in total. The van der Waals surface area contributed by atoms with Gasteiger partial charge < -0.3 is 15.5 Å². The number of hydrogen-bond donors (Lipinski definition) is 2. The molecule has 0 radical (unpaired) electrons. The summed E-state index contributed by atoms with van der Waals surface area (Å²) in [6.45, 7) is 1.20. The third-order valence-electron chi connectivity index (χ3n) is 3.49. The Bertz CT molecular complexity index is 700. The SMILES string of the molecule is CN=C(NCCCS(C)(=O)=O)NCCc1cccc(C(=O)N(C)C)c1. The Kier molecular flexibility index (Phi) is 8.40. The molecule has 0 spiro atoms. The molecule has 0 fully saturated rings. The van der Waals surface area contributed by atoms with Gasteiger partial charge in [0.1, 0.15) is 9.84 Å². The highest BCUT2D eigenvalue weighted by molar-refractivity contribution is 7.90. The van der Waals surface area contributed by atoms with Gasteiger partial charge in [-0.2, -0.15) is 0 Å². The number of amides is 1. The number of carbonyl (C=O) groups excluding carboxylic acids is 1. The summed E-state index contributed by atoms with van der Waals surface area (Å²) in [7, 11) is 2.20. The summed E-state index contributed by atoms with van der Waals surface area (Å²) in [5, 5.41) is 6.27. The van der Waals surface area contributed by atoms with E-state index in [0.717, 1.165) is 12.0 Å². The summed E-state index contributed by atoms with van der Waals surface area (Å²) in [4.78, 5) is 17.6. The van der Waals surface area contributed by atoms with Gasteiger partial charge in [0, 0.05) is 46.1 Å². The molecule has 2 N–H and O–H groups in total. The third kappa shape index (κ3) is 8.53. The monoisotopic (exact) mass is 368 g/mol. The third-order valence-corrected chi connectivity index (χ3v) is 4.52. The molecule has 1 rings (SSSR count). The largest absolute Gasteiger partial charge is 0.356 e. The molecule has 0 unspecified atom stereocenters. The van der Waals surface area contributed by atoms with Crippen LogP contribution >= 0.6 is 0 Å². The summed E-state index contributed by atoms with van der Waals surface area (Å²) in [6, 6.07) is 7.56. The van der Waals surface area contributed by atoms with Crippen LogP contribution < -0.4 is 10.6 Å². The van der Waals surface area contributed by atoms with Gasteiger partial charge in [0.2, 0.25) is 0 Å². The fourth-order valence-corrected chi connectivity index (χ4v) is 2.87. The van der Waals surface area contributed by atoms with Crippen LogP contribution in [0.25, 0.3) is 0 Å². The molecule has 25 heavy (non-hydrogen) atoms. The quantitative estimate of drug-likeness (QED) is 0.397. The predicted octanol–water partition coefficient (Wildman–Crippen LogP) is 0.531. The van der Waals surface area contributed by atoms with Gasteiger partial charge >= 0.3 is 0 Å². The van der Waals surface area contributed by atoms with Crippen molar-refractivity contribution in [3.8, 4) is 0 Å². The zero-order chi connectivity index (χ0) is 18.9. The average Bonchev–Trinajstić information content (AvgIpc) is 2.55. The second-order valence-electron chi connectivity index (χ2n) is 6.06. The molecular formula is C17H28N4O3S. The number of aliphatic imine (C=N–C) groups is 1. The number of benzene rings is 1. The molecule has 0 heterocycles. The van der Waals surface area contributed by atoms with E-state index in [0.29, 0.717) is 31.0 Å². The first kappa shape index (κ1) is 21.0. The normalized spacial score (nSPS) is 11.9. The lowest BCUT2D eigenvalue weighted by Gasteiger charge is -2.13. The first-order valence-corrected chi connectivity index (χ1v) is 10.2. The summed E-state index contributed by atoms with van der Waals surface area (Å²) in [6.07, 6.45) is 2.52. The van der Waals surface area contributed by atoms with Crippen LogP contribution in [0.3, 0.4) is 0 Å². The minimum Gasteiger partial charge on any atom is -0.356 e. The van der Waals surface area contributed by atoms with Gasteiger partial charge in [0.25, 0.3) is 5.91 Å². The van der Waals surface area contributed by atoms with Crippen molar-refractivity contribution in [1.82, 2.24) is 15.5 Å². The van der Waals surface area contributed by atoms with Crippen molar-refractivity contribution in [2.75, 3.05) is 46.2 Å². The maximum absolute atomic E-state index is 12.0. The molecule has 1 amide bonds. The standard InChI is InChI=1S/C17H28N4O3S/c1-18-17(19-10-6-12-25(4,23)24)20-11-9-14-7-5-8-15(13-14)16(22)21(2)3/h5,7-8,13H,6,9-12H2,1-4H3,(H2,18,19,20). The van der Waals surface area contributed by atoms with Crippen molar-refractivity contribution in [2.45, 2.75) is 12.8 Å². The summed E-state index contributed by atoms with van der Waals surface area (Å²) in [5.74, 6) is 0.774. The fourth-order valence-electron chi connectivity index (χ4n) is 2.21. The Morgan fingerprint density at radius 3 is 2.48 bits per heavy atom. The highest BCUT2D eigenvalue weighted by Crippen LogP contribution is 2.07. The first-order chi connectivity index (χ1) is 11.7. The summed E-state index contributed by atoms with van der Waals surface area (Å²) < 4.78 is 22.2. The van der Waals surface area contributed by atoms with Gasteiger partial charge in [-0.25, -0.2) is 8.42 Å². The van der Waals surface area contributed by atoms with E-state index in [1.165, 1.54) is 6.26 Å². The van der Waals surface area contributed by atoms with Crippen LogP contribution in [0.1, 0.15) is 22.3 Å². The van der Waals surface area contributed by atoms with E-state index < -0.39 is 9.84 Å². The van der Waals surface area contributed by atoms with Crippen molar-refractivity contribution >= 4 is 21.7 Å². The van der Waals surface area contributed by atoms with Crippen LogP contribution in [0, 0.1) is 0 Å². The fraction of sp³-hybridized carbons (Fsp3) is 0.529. The zero-order valence-corrected chi connectivity index (χ0v) is 16.2. The van der Waals surface area contributed by atoms with Gasteiger partial charge in [-0.05, 0) is 30.5 Å². The van der Waals surface area contributed by atoms with Crippen LogP contribution in [0.4, 0.5) is 0 Å². The van der Waals surface area contributed by atoms with Gasteiger partial charge in [-0.15, -0.1) is 0 Å². The minimum absolute atomic E-state index is 0.0156. The molecule has 0 atom stereocenters. The van der Waals surface area contributed by atoms with Crippen molar-refractivity contribution in [2.24, 2.45) is 4.99 Å². The molecule has 8 heteroatoms. The van der Waals surface area contributed by atoms with Gasteiger partial charge in [0.15, 0.2) is 5.96 Å². The number of guanidine groups is 1. The molecule has 0 aliphatic heterocycles. The van der Waals surface area contributed by atoms with Gasteiger partial charge in [-0.3, -0.25) is 9.79 Å². The highest BCUT2D eigenvalue weighted by Gasteiger charge is 2.08. The van der Waals surface area contributed by atoms with E-state index in [2.05, 4.69) is 15.6 Å². The van der Waals surface area contributed by atoms with Crippen molar-refractivity contribution in [1.29, 1.82) is 0 Å². The van der Waals surface area contributed by atoms with Gasteiger partial charge in [-0.1, -0.05) is 12.1 Å². The Morgan fingerprint density at radius 2 is 1.88 bits per heavy atom. The van der Waals surface area contributed by atoms with Gasteiger partial charge in [0.05, 0.1) is 5.75 Å². The van der Waals surface area contributed by atoms with Crippen LogP contribution in [-0.2, 0) is 16.3 Å². The number of carbonyl (C=O) groups is 1. The lowest BCUT2D eigenvalue weighted by Crippen LogP contribution is -2.39. The van der Waals surface area contributed by atoms with Crippen LogP contribution in [0.5, 0.6) is 0 Å². The van der Waals surface area contributed by atoms with Crippen LogP contribution in [0.2, 0.25) is 0 Å². The Labute approximate surface area is 150 Å². The maximum Gasteiger partial charge on any atom is 0.253 e. The Hall–Kier alpha value is -2.09. The van der Waals surface area contributed by atoms with E-state index in [1.807, 2.05) is 24.3 Å². The minimum atomic E-state index is -2.93. The van der Waals surface area contributed by atoms with E-state index in [4.69, 9.17) is 0 Å². The van der Waals surface area contributed by atoms with Crippen molar-refractivity contribution < 1.29 is 13.2 Å². The molecular weight excluding hydrogens is 340 g/mol. The molecule has 1 aromatic rings. The smallest absolute Gasteiger partial charge is 0.253 e. The number of sulfone groups is 1. The second-order valence-corrected chi connectivity index (χ2v) is 8.32. The lowest BCUT2D eigenvalue weighted by molar-refractivity contribution is 0.0827. The molecule has 0 aliphatic rings. The molecule has 140 valence electrons. The second kappa shape index (κ2) is 10.0. The van der Waals surface area contributed by atoms with E-state index in [1.54, 1.807) is 26.0 Å². The first-order valence-electron chi connectivity index (χ1n) is 8.16. The number of hydrogen-bond acceptors (Lipinski definition) is 4. The summed E-state index contributed by atoms with van der Waals surface area (Å²) >= 11 is 0.